The molecule has 3 N–H and O–H groups in total. The molecular formula is C15H22N2O2. The van der Waals surface area contributed by atoms with Crippen molar-refractivity contribution in [3.8, 4) is 5.75 Å². The van der Waals surface area contributed by atoms with Crippen molar-refractivity contribution in [3.63, 3.8) is 0 Å². The van der Waals surface area contributed by atoms with Gasteiger partial charge in [0.1, 0.15) is 5.75 Å². The fourth-order valence-electron chi connectivity index (χ4n) is 2.27. The summed E-state index contributed by atoms with van der Waals surface area (Å²) in [5, 5.41) is 2.88. The Morgan fingerprint density at radius 2 is 2.21 bits per heavy atom. The molecule has 4 heteroatoms. The number of benzene rings is 1. The van der Waals surface area contributed by atoms with Crippen LogP contribution in [0.2, 0.25) is 0 Å². The molecule has 0 spiro atoms. The van der Waals surface area contributed by atoms with Crippen molar-refractivity contribution >= 4 is 5.91 Å². The van der Waals surface area contributed by atoms with E-state index in [0.717, 1.165) is 42.7 Å². The molecule has 1 unspecified atom stereocenters. The van der Waals surface area contributed by atoms with Gasteiger partial charge in [-0.1, -0.05) is 12.1 Å². The van der Waals surface area contributed by atoms with Crippen molar-refractivity contribution < 1.29 is 9.53 Å². The first kappa shape index (κ1) is 13.9. The molecule has 1 fully saturated rings. The van der Waals surface area contributed by atoms with Gasteiger partial charge >= 0.3 is 0 Å². The molecule has 0 bridgehead atoms. The average molecular weight is 262 g/mol. The molecule has 1 aliphatic rings. The predicted molar refractivity (Wildman–Crippen MR) is 75.1 cm³/mol. The first-order chi connectivity index (χ1) is 9.08. The summed E-state index contributed by atoms with van der Waals surface area (Å²) >= 11 is 0. The van der Waals surface area contributed by atoms with Crippen molar-refractivity contribution in [1.82, 2.24) is 5.32 Å². The second kappa shape index (κ2) is 6.06. The van der Waals surface area contributed by atoms with E-state index in [9.17, 15) is 4.79 Å². The van der Waals surface area contributed by atoms with E-state index in [1.807, 2.05) is 32.0 Å². The van der Waals surface area contributed by atoms with Crippen molar-refractivity contribution in [1.29, 1.82) is 0 Å². The van der Waals surface area contributed by atoms with Crippen molar-refractivity contribution in [2.45, 2.75) is 45.3 Å². The van der Waals surface area contributed by atoms with E-state index in [4.69, 9.17) is 10.5 Å². The lowest BCUT2D eigenvalue weighted by molar-refractivity contribution is -0.127. The summed E-state index contributed by atoms with van der Waals surface area (Å²) in [5.74, 6) is 0.764. The second-order valence-electron chi connectivity index (χ2n) is 5.21. The molecule has 0 radical (unpaired) electrons. The Labute approximate surface area is 114 Å². The topological polar surface area (TPSA) is 64.3 Å². The number of ether oxygens (including phenoxy) is 1. The van der Waals surface area contributed by atoms with E-state index in [2.05, 4.69) is 5.32 Å². The fourth-order valence-corrected chi connectivity index (χ4v) is 2.27. The minimum Gasteiger partial charge on any atom is -0.480 e. The van der Waals surface area contributed by atoms with Crippen molar-refractivity contribution in [3.05, 3.63) is 29.3 Å². The molecule has 1 aromatic carbocycles. The van der Waals surface area contributed by atoms with E-state index in [0.29, 0.717) is 0 Å². The van der Waals surface area contributed by atoms with Crippen LogP contribution in [0.4, 0.5) is 0 Å². The summed E-state index contributed by atoms with van der Waals surface area (Å²) in [6, 6.07) is 5.90. The third kappa shape index (κ3) is 3.47. The van der Waals surface area contributed by atoms with E-state index in [-0.39, 0.29) is 18.1 Å². The van der Waals surface area contributed by atoms with E-state index < -0.39 is 0 Å². The number of aryl methyl sites for hydroxylation is 1. The Morgan fingerprint density at radius 1 is 1.42 bits per heavy atom. The van der Waals surface area contributed by atoms with E-state index in [1.54, 1.807) is 0 Å². The predicted octanol–water partition coefficient (Wildman–Crippen LogP) is 2.06. The zero-order chi connectivity index (χ0) is 13.8. The average Bonchev–Trinajstić information content (AvgIpc) is 2.57. The maximum absolute atomic E-state index is 11.8. The minimum atomic E-state index is -0.373. The van der Waals surface area contributed by atoms with Crippen LogP contribution in [-0.4, -0.2) is 18.6 Å². The Balaban J connectivity index is 2.11. The minimum absolute atomic E-state index is 0.00632. The molecule has 2 rings (SSSR count). The Kier molecular flexibility index (Phi) is 4.43. The van der Waals surface area contributed by atoms with Gasteiger partial charge in [0.05, 0.1) is 0 Å². The van der Waals surface area contributed by atoms with Gasteiger partial charge in [-0.05, 0) is 50.3 Å². The molecule has 0 saturated carbocycles. The van der Waals surface area contributed by atoms with Gasteiger partial charge in [-0.15, -0.1) is 0 Å². The standard InChI is InChI=1S/C15H22N2O2/c1-10-9-12(11(2)16)6-7-13(10)19-14-5-3-4-8-17-15(14)18/h6-7,9,11,14H,3-5,8,16H2,1-2H3,(H,17,18)/t11-,14?/m0/s1. The van der Waals surface area contributed by atoms with Gasteiger partial charge in [-0.3, -0.25) is 4.79 Å². The van der Waals surface area contributed by atoms with E-state index >= 15 is 0 Å². The van der Waals surface area contributed by atoms with Gasteiger partial charge in [0.25, 0.3) is 5.91 Å². The fraction of sp³-hybridized carbons (Fsp3) is 0.533. The first-order valence-corrected chi connectivity index (χ1v) is 6.88. The summed E-state index contributed by atoms with van der Waals surface area (Å²) in [7, 11) is 0. The molecule has 2 atom stereocenters. The number of rotatable bonds is 3. The van der Waals surface area contributed by atoms with Gasteiger partial charge in [-0.2, -0.15) is 0 Å². The van der Waals surface area contributed by atoms with E-state index in [1.165, 1.54) is 0 Å². The number of nitrogens with two attached hydrogens (primary N) is 1. The monoisotopic (exact) mass is 262 g/mol. The number of nitrogens with one attached hydrogen (secondary N) is 1. The quantitative estimate of drug-likeness (QED) is 0.876. The summed E-state index contributed by atoms with van der Waals surface area (Å²) < 4.78 is 5.86. The molecule has 1 aromatic rings. The Hall–Kier alpha value is -1.55. The number of carbonyl (C=O) groups excluding carboxylic acids is 1. The molecule has 1 saturated heterocycles. The molecule has 4 nitrogen and oxygen atoms in total. The van der Waals surface area contributed by atoms with Crippen LogP contribution in [0.25, 0.3) is 0 Å². The first-order valence-electron chi connectivity index (χ1n) is 6.88. The maximum Gasteiger partial charge on any atom is 0.261 e. The van der Waals surface area contributed by atoms with Gasteiger partial charge < -0.3 is 15.8 Å². The van der Waals surface area contributed by atoms with Crippen molar-refractivity contribution in [2.75, 3.05) is 6.54 Å². The Morgan fingerprint density at radius 3 is 2.89 bits per heavy atom. The summed E-state index contributed by atoms with van der Waals surface area (Å²) in [6.07, 6.45) is 2.44. The number of amides is 1. The van der Waals surface area contributed by atoms with Crippen molar-refractivity contribution in [2.24, 2.45) is 5.73 Å². The largest absolute Gasteiger partial charge is 0.480 e. The lowest BCUT2D eigenvalue weighted by Gasteiger charge is -2.18. The third-order valence-corrected chi connectivity index (χ3v) is 3.48. The zero-order valence-electron chi connectivity index (χ0n) is 11.6. The van der Waals surface area contributed by atoms with Gasteiger partial charge in [0.15, 0.2) is 6.10 Å². The van der Waals surface area contributed by atoms with Gasteiger partial charge in [-0.25, -0.2) is 0 Å². The zero-order valence-corrected chi connectivity index (χ0v) is 11.6. The molecule has 1 amide bonds. The highest BCUT2D eigenvalue weighted by Crippen LogP contribution is 2.24. The number of hydrogen-bond donors (Lipinski definition) is 2. The van der Waals surface area contributed by atoms with Crippen LogP contribution in [0.5, 0.6) is 5.75 Å². The van der Waals surface area contributed by atoms with Crippen LogP contribution >= 0.6 is 0 Å². The van der Waals surface area contributed by atoms with Crippen LogP contribution in [0.3, 0.4) is 0 Å². The van der Waals surface area contributed by atoms with Gasteiger partial charge in [0, 0.05) is 12.6 Å². The van der Waals surface area contributed by atoms with Crippen LogP contribution in [0, 0.1) is 6.92 Å². The van der Waals surface area contributed by atoms with Crippen LogP contribution in [-0.2, 0) is 4.79 Å². The maximum atomic E-state index is 11.8. The SMILES string of the molecule is Cc1cc([C@H](C)N)ccc1OC1CCCCNC1=O. The van der Waals surface area contributed by atoms with Crippen LogP contribution < -0.4 is 15.8 Å². The highest BCUT2D eigenvalue weighted by atomic mass is 16.5. The number of hydrogen-bond acceptors (Lipinski definition) is 3. The second-order valence-corrected chi connectivity index (χ2v) is 5.21. The lowest BCUT2D eigenvalue weighted by Crippen LogP contribution is -2.36. The summed E-state index contributed by atoms with van der Waals surface area (Å²) in [5.41, 5.74) is 7.95. The molecule has 1 heterocycles. The molecule has 104 valence electrons. The van der Waals surface area contributed by atoms with Gasteiger partial charge in [0.2, 0.25) is 0 Å². The molecule has 0 aromatic heterocycles. The third-order valence-electron chi connectivity index (χ3n) is 3.48. The normalized spacial score (nSPS) is 21.4. The summed E-state index contributed by atoms with van der Waals surface area (Å²) in [4.78, 5) is 11.8. The van der Waals surface area contributed by atoms with Crippen LogP contribution in [0.1, 0.15) is 43.4 Å². The lowest BCUT2D eigenvalue weighted by atomic mass is 10.1. The van der Waals surface area contributed by atoms with Crippen LogP contribution in [0.15, 0.2) is 18.2 Å². The smallest absolute Gasteiger partial charge is 0.261 e. The highest BCUT2D eigenvalue weighted by molar-refractivity contribution is 5.81. The molecule has 1 aliphatic heterocycles. The summed E-state index contributed by atoms with van der Waals surface area (Å²) in [6.45, 7) is 4.69. The molecule has 0 aliphatic carbocycles. The highest BCUT2D eigenvalue weighted by Gasteiger charge is 2.22. The molecular weight excluding hydrogens is 240 g/mol. The Bertz CT molecular complexity index is 457. The number of carbonyl (C=O) groups is 1. The molecule has 19 heavy (non-hydrogen) atoms.